The maximum atomic E-state index is 2.38. The van der Waals surface area contributed by atoms with Crippen molar-refractivity contribution in [3.8, 4) is 0 Å². The largest absolute Gasteiger partial charge is 0.0836 e. The zero-order valence-electron chi connectivity index (χ0n) is 14.6. The number of hydrogen-bond donors (Lipinski definition) is 0. The number of fused-ring (bicyclic) bond motifs is 4. The summed E-state index contributed by atoms with van der Waals surface area (Å²) >= 11 is 0. The highest BCUT2D eigenvalue weighted by Crippen LogP contribution is 2.48. The Hall–Kier alpha value is -2.86. The second-order valence-corrected chi connectivity index (χ2v) is 7.92. The van der Waals surface area contributed by atoms with Crippen molar-refractivity contribution in [2.45, 2.75) is 25.7 Å². The summed E-state index contributed by atoms with van der Waals surface area (Å²) in [6.07, 6.45) is 9.48. The molecule has 5 aromatic carbocycles. The molecule has 0 heteroatoms. The van der Waals surface area contributed by atoms with E-state index < -0.39 is 0 Å². The van der Waals surface area contributed by atoms with Crippen LogP contribution in [-0.2, 0) is 19.3 Å². The molecule has 0 aliphatic heterocycles. The van der Waals surface area contributed by atoms with E-state index in [0.717, 1.165) is 0 Å². The van der Waals surface area contributed by atoms with Crippen LogP contribution in [0.4, 0.5) is 0 Å². The summed E-state index contributed by atoms with van der Waals surface area (Å²) in [7, 11) is 0. The molecule has 0 radical (unpaired) electrons. The molecule has 2 aliphatic carbocycles. The van der Waals surface area contributed by atoms with Gasteiger partial charge in [0.25, 0.3) is 0 Å². The lowest BCUT2D eigenvalue weighted by atomic mass is 9.76. The fourth-order valence-corrected chi connectivity index (χ4v) is 5.75. The van der Waals surface area contributed by atoms with E-state index in [1.54, 1.807) is 27.5 Å². The van der Waals surface area contributed by atoms with Gasteiger partial charge in [-0.3, -0.25) is 0 Å². The van der Waals surface area contributed by atoms with Crippen LogP contribution in [0.2, 0.25) is 0 Å². The first-order valence-electron chi connectivity index (χ1n) is 9.74. The molecule has 7 rings (SSSR count). The first-order chi connectivity index (χ1) is 12.9. The lowest BCUT2D eigenvalue weighted by Crippen LogP contribution is -2.09. The lowest BCUT2D eigenvalue weighted by Gasteiger charge is -2.28. The first-order valence-corrected chi connectivity index (χ1v) is 9.74. The van der Waals surface area contributed by atoms with Crippen LogP contribution in [0.1, 0.15) is 28.7 Å². The fraction of sp³-hybridized carbons (Fsp3) is 0.154. The number of allylic oxidation sites excluding steroid dienone is 1. The van der Waals surface area contributed by atoms with Gasteiger partial charge in [-0.1, -0.05) is 60.7 Å². The van der Waals surface area contributed by atoms with E-state index in [9.17, 15) is 0 Å². The van der Waals surface area contributed by atoms with Crippen LogP contribution in [0.25, 0.3) is 49.2 Å². The van der Waals surface area contributed by atoms with Gasteiger partial charge >= 0.3 is 0 Å². The zero-order chi connectivity index (χ0) is 16.8. The Morgan fingerprint density at radius 2 is 1.42 bits per heavy atom. The van der Waals surface area contributed by atoms with Gasteiger partial charge in [-0.25, -0.2) is 0 Å². The third-order valence-electron chi connectivity index (χ3n) is 6.76. The second-order valence-electron chi connectivity index (χ2n) is 7.92. The van der Waals surface area contributed by atoms with Gasteiger partial charge in [-0.05, 0) is 91.0 Å². The van der Waals surface area contributed by atoms with Crippen molar-refractivity contribution >= 4 is 49.2 Å². The number of benzene rings is 5. The van der Waals surface area contributed by atoms with Crippen LogP contribution in [0.15, 0.2) is 54.6 Å². The van der Waals surface area contributed by atoms with Gasteiger partial charge in [0.2, 0.25) is 0 Å². The van der Waals surface area contributed by atoms with Crippen molar-refractivity contribution in [2.24, 2.45) is 0 Å². The summed E-state index contributed by atoms with van der Waals surface area (Å²) in [5, 5.41) is 11.8. The molecule has 26 heavy (non-hydrogen) atoms. The predicted octanol–water partition coefficient (Wildman–Crippen LogP) is 6.80. The minimum atomic E-state index is 1.18. The normalized spacial score (nSPS) is 15.7. The highest BCUT2D eigenvalue weighted by atomic mass is 14.3. The predicted molar refractivity (Wildman–Crippen MR) is 112 cm³/mol. The Morgan fingerprint density at radius 3 is 2.38 bits per heavy atom. The van der Waals surface area contributed by atoms with Crippen LogP contribution in [0.3, 0.4) is 0 Å². The van der Waals surface area contributed by atoms with Crippen LogP contribution in [0, 0.1) is 0 Å². The van der Waals surface area contributed by atoms with Crippen molar-refractivity contribution in [1.29, 1.82) is 0 Å². The van der Waals surface area contributed by atoms with Crippen molar-refractivity contribution in [3.05, 3.63) is 76.9 Å². The molecule has 122 valence electrons. The van der Waals surface area contributed by atoms with Crippen molar-refractivity contribution in [3.63, 3.8) is 0 Å². The van der Waals surface area contributed by atoms with E-state index in [2.05, 4.69) is 60.7 Å². The standard InChI is InChI=1S/C26H18/c1-2-7-18-17(6-1)19-9-4-10-21-20-8-3-5-15-11-12-16-13-14-22(18)26(25(19)21)24(16)23(15)20/h1,3-6,8-12H,2,7,13-14H2. The number of hydrogen-bond acceptors (Lipinski definition) is 0. The number of rotatable bonds is 0. The molecule has 0 amide bonds. The summed E-state index contributed by atoms with van der Waals surface area (Å²) < 4.78 is 0. The molecule has 2 aliphatic rings. The fourth-order valence-electron chi connectivity index (χ4n) is 5.75. The summed E-state index contributed by atoms with van der Waals surface area (Å²) in [6, 6.07) is 18.5. The van der Waals surface area contributed by atoms with Gasteiger partial charge in [-0.15, -0.1) is 0 Å². The van der Waals surface area contributed by atoms with Crippen molar-refractivity contribution in [1.82, 2.24) is 0 Å². The minimum Gasteiger partial charge on any atom is -0.0836 e. The van der Waals surface area contributed by atoms with E-state index in [4.69, 9.17) is 0 Å². The summed E-state index contributed by atoms with van der Waals surface area (Å²) in [5.41, 5.74) is 6.29. The maximum Gasteiger partial charge on any atom is -0.00173 e. The first kappa shape index (κ1) is 13.4. The molecule has 5 aromatic rings. The Balaban J connectivity index is 1.95. The van der Waals surface area contributed by atoms with Gasteiger partial charge < -0.3 is 0 Å². The summed E-state index contributed by atoms with van der Waals surface area (Å²) in [6.45, 7) is 0. The smallest absolute Gasteiger partial charge is 0.00173 e. The van der Waals surface area contributed by atoms with Gasteiger partial charge in [0.05, 0.1) is 0 Å². The Labute approximate surface area is 152 Å². The van der Waals surface area contributed by atoms with E-state index in [1.165, 1.54) is 63.6 Å². The quantitative estimate of drug-likeness (QED) is 0.216. The molecule has 0 saturated carbocycles. The van der Waals surface area contributed by atoms with Crippen molar-refractivity contribution < 1.29 is 0 Å². The monoisotopic (exact) mass is 330 g/mol. The Bertz CT molecular complexity index is 1420. The average Bonchev–Trinajstić information content (AvgIpc) is 2.72. The number of aryl methyl sites for hydroxylation is 2. The SMILES string of the molecule is C1=Cc2c(c3c4c5c(ccc6cccc(c7cccc2c74)c65)CC3)CC1. The second kappa shape index (κ2) is 4.45. The molecule has 0 atom stereocenters. The molecule has 0 nitrogen and oxygen atoms in total. The maximum absolute atomic E-state index is 2.38. The van der Waals surface area contributed by atoms with Gasteiger partial charge in [0.1, 0.15) is 0 Å². The van der Waals surface area contributed by atoms with Crippen LogP contribution in [0.5, 0.6) is 0 Å². The van der Waals surface area contributed by atoms with Crippen LogP contribution >= 0.6 is 0 Å². The third-order valence-corrected chi connectivity index (χ3v) is 6.76. The molecule has 0 bridgehead atoms. The summed E-state index contributed by atoms with van der Waals surface area (Å²) in [4.78, 5) is 0. The Morgan fingerprint density at radius 1 is 0.577 bits per heavy atom. The highest BCUT2D eigenvalue weighted by molar-refractivity contribution is 6.35. The van der Waals surface area contributed by atoms with Gasteiger partial charge in [-0.2, -0.15) is 0 Å². The molecule has 0 saturated heterocycles. The molecular formula is C26H18. The molecule has 0 N–H and O–H groups in total. The van der Waals surface area contributed by atoms with E-state index in [-0.39, 0.29) is 0 Å². The lowest BCUT2D eigenvalue weighted by molar-refractivity contribution is 0.908. The molecule has 0 aromatic heterocycles. The highest BCUT2D eigenvalue weighted by Gasteiger charge is 2.25. The third kappa shape index (κ3) is 1.40. The van der Waals surface area contributed by atoms with E-state index in [0.29, 0.717) is 0 Å². The van der Waals surface area contributed by atoms with E-state index in [1.807, 2.05) is 0 Å². The molecule has 0 heterocycles. The average molecular weight is 330 g/mol. The van der Waals surface area contributed by atoms with Crippen molar-refractivity contribution in [2.75, 3.05) is 0 Å². The topological polar surface area (TPSA) is 0 Å². The van der Waals surface area contributed by atoms with Crippen LogP contribution < -0.4 is 0 Å². The molecule has 0 fully saturated rings. The van der Waals surface area contributed by atoms with Gasteiger partial charge in [0.15, 0.2) is 0 Å². The van der Waals surface area contributed by atoms with E-state index >= 15 is 0 Å². The minimum absolute atomic E-state index is 1.18. The molecule has 0 spiro atoms. The van der Waals surface area contributed by atoms with Crippen LogP contribution in [-0.4, -0.2) is 0 Å². The zero-order valence-corrected chi connectivity index (χ0v) is 14.6. The molecular weight excluding hydrogens is 312 g/mol. The van der Waals surface area contributed by atoms with Gasteiger partial charge in [0, 0.05) is 0 Å². The Kier molecular flexibility index (Phi) is 2.29. The molecule has 0 unspecified atom stereocenters. The summed E-state index contributed by atoms with van der Waals surface area (Å²) in [5.74, 6) is 0.